The molecule has 2 aliphatic heterocycles. The van der Waals surface area contributed by atoms with E-state index in [0.29, 0.717) is 6.42 Å². The lowest BCUT2D eigenvalue weighted by molar-refractivity contribution is -0.146. The molecule has 3 heteroatoms. The average Bonchev–Trinajstić information content (AvgIpc) is 3.32. The molecule has 1 fully saturated rings. The fourth-order valence-corrected chi connectivity index (χ4v) is 6.29. The van der Waals surface area contributed by atoms with Gasteiger partial charge in [0.15, 0.2) is 0 Å². The van der Waals surface area contributed by atoms with Crippen LogP contribution >= 0.6 is 0 Å². The Labute approximate surface area is 185 Å². The van der Waals surface area contributed by atoms with Crippen LogP contribution in [0.3, 0.4) is 0 Å². The number of anilines is 1. The van der Waals surface area contributed by atoms with Gasteiger partial charge in [0.25, 0.3) is 0 Å². The molecule has 0 bridgehead atoms. The molecule has 0 aromatic heterocycles. The molecule has 1 saturated heterocycles. The first-order valence-electron chi connectivity index (χ1n) is 11.6. The number of para-hydroxylation sites is 1. The van der Waals surface area contributed by atoms with E-state index in [9.17, 15) is 4.79 Å². The van der Waals surface area contributed by atoms with Crippen molar-refractivity contribution in [1.29, 1.82) is 0 Å². The van der Waals surface area contributed by atoms with E-state index in [-0.39, 0.29) is 17.4 Å². The van der Waals surface area contributed by atoms with Crippen molar-refractivity contribution in [2.24, 2.45) is 0 Å². The Kier molecular flexibility index (Phi) is 5.00. The predicted molar refractivity (Wildman–Crippen MR) is 125 cm³/mol. The molecule has 0 saturated carbocycles. The number of benzene rings is 2. The zero-order valence-electron chi connectivity index (χ0n) is 18.3. The molecule has 0 radical (unpaired) electrons. The van der Waals surface area contributed by atoms with Crippen molar-refractivity contribution in [2.75, 3.05) is 4.90 Å². The zero-order valence-corrected chi connectivity index (χ0v) is 18.3. The van der Waals surface area contributed by atoms with E-state index in [1.54, 1.807) is 0 Å². The second-order valence-electron chi connectivity index (χ2n) is 9.20. The van der Waals surface area contributed by atoms with E-state index < -0.39 is 5.60 Å². The normalized spacial score (nSPS) is 28.0. The Bertz CT molecular complexity index is 1030. The lowest BCUT2D eigenvalue weighted by Gasteiger charge is -2.40. The maximum atomic E-state index is 12.9. The van der Waals surface area contributed by atoms with Crippen LogP contribution in [0.2, 0.25) is 0 Å². The number of unbranched alkanes of at least 4 members (excludes halogenated alkanes) is 1. The summed E-state index contributed by atoms with van der Waals surface area (Å²) >= 11 is 0. The van der Waals surface area contributed by atoms with Gasteiger partial charge in [-0.25, -0.2) is 0 Å². The summed E-state index contributed by atoms with van der Waals surface area (Å²) < 4.78 is 6.28. The smallest absolute Gasteiger partial charge is 0.307 e. The molecule has 160 valence electrons. The molecule has 3 atom stereocenters. The molecule has 2 heterocycles. The number of carbonyl (C=O) groups is 1. The number of nitrogens with zero attached hydrogens (tertiary/aromatic N) is 1. The quantitative estimate of drug-likeness (QED) is 0.387. The van der Waals surface area contributed by atoms with E-state index in [1.807, 2.05) is 6.08 Å². The van der Waals surface area contributed by atoms with Crippen molar-refractivity contribution in [3.8, 4) is 0 Å². The van der Waals surface area contributed by atoms with Gasteiger partial charge in [-0.2, -0.15) is 0 Å². The average molecular weight is 414 g/mol. The molecule has 2 aromatic carbocycles. The summed E-state index contributed by atoms with van der Waals surface area (Å²) in [6.07, 6.45) is 9.71. The predicted octanol–water partition coefficient (Wildman–Crippen LogP) is 6.10. The van der Waals surface area contributed by atoms with Gasteiger partial charge in [-0.3, -0.25) is 4.79 Å². The van der Waals surface area contributed by atoms with Crippen LogP contribution in [0, 0.1) is 0 Å². The SMILES string of the molecule is C=CCCC1=C[C@]2(CCCC)OC(=O)C[C@@]23c2ccccc2N(Cc2ccccc2)[C@@H]13. The minimum absolute atomic E-state index is 0.0588. The maximum Gasteiger partial charge on any atom is 0.307 e. The molecule has 2 aromatic rings. The van der Waals surface area contributed by atoms with Gasteiger partial charge in [-0.1, -0.05) is 68.0 Å². The molecule has 3 nitrogen and oxygen atoms in total. The summed E-state index contributed by atoms with van der Waals surface area (Å²) in [5.41, 5.74) is 4.34. The number of fused-ring (bicyclic) bond motifs is 1. The van der Waals surface area contributed by atoms with Gasteiger partial charge in [-0.15, -0.1) is 6.58 Å². The van der Waals surface area contributed by atoms with Crippen LogP contribution < -0.4 is 4.90 Å². The van der Waals surface area contributed by atoms with Crippen molar-refractivity contribution in [2.45, 2.75) is 69.1 Å². The first-order valence-corrected chi connectivity index (χ1v) is 11.6. The zero-order chi connectivity index (χ0) is 21.5. The van der Waals surface area contributed by atoms with Crippen molar-refractivity contribution in [3.05, 3.63) is 90.0 Å². The largest absolute Gasteiger partial charge is 0.454 e. The standard InChI is InChI=1S/C28H31NO2/c1-3-5-14-22-18-27(17-6-4-2)28(19-25(30)31-27)23-15-10-11-16-24(23)29(26(22)28)20-21-12-8-7-9-13-21/h3,7-13,15-16,18,26H,1,4-6,14,17,19-20H2,2H3/t26-,27-,28-/m0/s1. The first-order chi connectivity index (χ1) is 15.1. The highest BCUT2D eigenvalue weighted by Crippen LogP contribution is 2.65. The molecular formula is C28H31NO2. The minimum atomic E-state index is -0.539. The highest BCUT2D eigenvalue weighted by Gasteiger charge is 2.71. The van der Waals surface area contributed by atoms with Crippen molar-refractivity contribution < 1.29 is 9.53 Å². The molecule has 0 N–H and O–H groups in total. The monoisotopic (exact) mass is 413 g/mol. The Morgan fingerprint density at radius 2 is 1.94 bits per heavy atom. The van der Waals surface area contributed by atoms with Crippen molar-refractivity contribution >= 4 is 11.7 Å². The van der Waals surface area contributed by atoms with Crippen LogP contribution in [-0.4, -0.2) is 17.6 Å². The summed E-state index contributed by atoms with van der Waals surface area (Å²) in [5, 5.41) is 0. The third kappa shape index (κ3) is 2.90. The van der Waals surface area contributed by atoms with Gasteiger partial charge in [0, 0.05) is 12.2 Å². The number of esters is 1. The molecule has 0 unspecified atom stereocenters. The molecule has 5 rings (SSSR count). The van der Waals surface area contributed by atoms with E-state index in [0.717, 1.165) is 38.6 Å². The molecule has 3 aliphatic rings. The summed E-state index contributed by atoms with van der Waals surface area (Å²) in [5.74, 6) is -0.0588. The van der Waals surface area contributed by atoms with Crippen LogP contribution in [0.15, 0.2) is 78.9 Å². The second kappa shape index (κ2) is 7.71. The summed E-state index contributed by atoms with van der Waals surface area (Å²) in [6, 6.07) is 19.5. The maximum absolute atomic E-state index is 12.9. The number of hydrogen-bond donors (Lipinski definition) is 0. The van der Waals surface area contributed by atoms with Gasteiger partial charge < -0.3 is 9.64 Å². The highest BCUT2D eigenvalue weighted by molar-refractivity contribution is 5.84. The minimum Gasteiger partial charge on any atom is -0.454 e. The Morgan fingerprint density at radius 3 is 2.71 bits per heavy atom. The molecule has 31 heavy (non-hydrogen) atoms. The lowest BCUT2D eigenvalue weighted by Crippen LogP contribution is -2.52. The van der Waals surface area contributed by atoms with Crippen molar-refractivity contribution in [1.82, 2.24) is 0 Å². The van der Waals surface area contributed by atoms with Gasteiger partial charge in [0.2, 0.25) is 0 Å². The fraction of sp³-hybridized carbons (Fsp3) is 0.393. The highest BCUT2D eigenvalue weighted by atomic mass is 16.6. The lowest BCUT2D eigenvalue weighted by atomic mass is 9.65. The van der Waals surface area contributed by atoms with Crippen LogP contribution in [0.5, 0.6) is 0 Å². The number of ether oxygens (including phenoxy) is 1. The van der Waals surface area contributed by atoms with E-state index in [1.165, 1.54) is 22.4 Å². The third-order valence-electron chi connectivity index (χ3n) is 7.45. The number of allylic oxidation sites excluding steroid dienone is 1. The van der Waals surface area contributed by atoms with E-state index >= 15 is 0 Å². The Balaban J connectivity index is 1.68. The number of hydrogen-bond acceptors (Lipinski definition) is 3. The van der Waals surface area contributed by atoms with E-state index in [2.05, 4.69) is 79.1 Å². The number of carbonyl (C=O) groups excluding carboxylic acids is 1. The fourth-order valence-electron chi connectivity index (χ4n) is 6.29. The summed E-state index contributed by atoms with van der Waals surface area (Å²) in [7, 11) is 0. The molecule has 1 spiro atoms. The van der Waals surface area contributed by atoms with Crippen LogP contribution in [0.4, 0.5) is 5.69 Å². The Hall–Kier alpha value is -2.81. The topological polar surface area (TPSA) is 29.5 Å². The first kappa shape index (κ1) is 20.1. The Morgan fingerprint density at radius 1 is 1.16 bits per heavy atom. The third-order valence-corrected chi connectivity index (χ3v) is 7.45. The van der Waals surface area contributed by atoms with Gasteiger partial charge in [-0.05, 0) is 54.5 Å². The molecular weight excluding hydrogens is 382 g/mol. The summed E-state index contributed by atoms with van der Waals surface area (Å²) in [4.78, 5) is 15.4. The van der Waals surface area contributed by atoms with Crippen molar-refractivity contribution in [3.63, 3.8) is 0 Å². The second-order valence-corrected chi connectivity index (χ2v) is 9.20. The van der Waals surface area contributed by atoms with Crippen LogP contribution in [0.1, 0.15) is 56.6 Å². The number of rotatable bonds is 8. The van der Waals surface area contributed by atoms with Gasteiger partial charge in [0.1, 0.15) is 5.60 Å². The molecule has 0 amide bonds. The molecule has 1 aliphatic carbocycles. The van der Waals surface area contributed by atoms with Gasteiger partial charge in [0.05, 0.1) is 17.9 Å². The van der Waals surface area contributed by atoms with Crippen LogP contribution in [0.25, 0.3) is 0 Å². The van der Waals surface area contributed by atoms with Gasteiger partial charge >= 0.3 is 5.97 Å². The summed E-state index contributed by atoms with van der Waals surface area (Å²) in [6.45, 7) is 6.99. The van der Waals surface area contributed by atoms with Crippen LogP contribution in [-0.2, 0) is 21.5 Å². The van der Waals surface area contributed by atoms with E-state index in [4.69, 9.17) is 4.74 Å².